The number of benzene rings is 1. The highest BCUT2D eigenvalue weighted by atomic mass is 16.5. The van der Waals surface area contributed by atoms with Crippen LogP contribution in [0.3, 0.4) is 0 Å². The molecule has 1 aliphatic heterocycles. The molecule has 0 spiro atoms. The average Bonchev–Trinajstić information content (AvgIpc) is 2.17. The van der Waals surface area contributed by atoms with E-state index >= 15 is 0 Å². The average molecular weight is 161 g/mol. The summed E-state index contributed by atoms with van der Waals surface area (Å²) in [6.07, 6.45) is 2.12. The Morgan fingerprint density at radius 2 is 2.33 bits per heavy atom. The summed E-state index contributed by atoms with van der Waals surface area (Å²) in [5.74, 6) is 0.965. The lowest BCUT2D eigenvalue weighted by molar-refractivity contribution is 0.288. The predicted molar refractivity (Wildman–Crippen MR) is 47.9 cm³/mol. The zero-order chi connectivity index (χ0) is 8.39. The molecule has 0 aliphatic carbocycles. The van der Waals surface area contributed by atoms with Crippen molar-refractivity contribution in [3.05, 3.63) is 23.8 Å². The lowest BCUT2D eigenvalue weighted by atomic mass is 9.86. The van der Waals surface area contributed by atoms with Crippen molar-refractivity contribution in [2.45, 2.75) is 12.8 Å². The monoisotopic (exact) mass is 161 g/mol. The third kappa shape index (κ3) is 1.32. The van der Waals surface area contributed by atoms with Crippen molar-refractivity contribution in [3.63, 3.8) is 0 Å². The van der Waals surface area contributed by atoms with Crippen LogP contribution >= 0.6 is 0 Å². The van der Waals surface area contributed by atoms with E-state index < -0.39 is 0 Å². The van der Waals surface area contributed by atoms with Gasteiger partial charge in [0.25, 0.3) is 0 Å². The lowest BCUT2D eigenvalue weighted by Crippen LogP contribution is -2.17. The van der Waals surface area contributed by atoms with E-state index in [1.54, 1.807) is 0 Å². The van der Waals surface area contributed by atoms with Crippen LogP contribution in [0.25, 0.3) is 0 Å². The smallest absolute Gasteiger partial charge is 0.326 e. The molecular formula is C9H10BO2. The summed E-state index contributed by atoms with van der Waals surface area (Å²) in [6, 6.07) is 5.73. The Morgan fingerprint density at radius 1 is 1.42 bits per heavy atom. The molecule has 1 radical (unpaired) electrons. The predicted octanol–water partition coefficient (Wildman–Crippen LogP) is 0.248. The van der Waals surface area contributed by atoms with Crippen LogP contribution in [0.4, 0.5) is 0 Å². The minimum absolute atomic E-state index is 0.815. The molecule has 3 heteroatoms. The van der Waals surface area contributed by atoms with Crippen LogP contribution in [0, 0.1) is 0 Å². The standard InChI is InChI=1S/C9H10BO2/c11-10-8-3-4-9-7(6-8)2-1-5-12-9/h3-4,6,11H,1-2,5H2. The van der Waals surface area contributed by atoms with Gasteiger partial charge in [-0.3, -0.25) is 0 Å². The molecule has 61 valence electrons. The van der Waals surface area contributed by atoms with Crippen molar-refractivity contribution in [3.8, 4) is 5.75 Å². The van der Waals surface area contributed by atoms with Crippen molar-refractivity contribution < 1.29 is 9.76 Å². The number of fused-ring (bicyclic) bond motifs is 1. The van der Waals surface area contributed by atoms with Crippen LogP contribution < -0.4 is 10.2 Å². The Kier molecular flexibility index (Phi) is 2.04. The van der Waals surface area contributed by atoms with Crippen LogP contribution in [0.5, 0.6) is 5.75 Å². The fraction of sp³-hybridized carbons (Fsp3) is 0.333. The van der Waals surface area contributed by atoms with E-state index in [4.69, 9.17) is 9.76 Å². The maximum absolute atomic E-state index is 8.77. The van der Waals surface area contributed by atoms with Gasteiger partial charge in [-0.2, -0.15) is 0 Å². The molecule has 12 heavy (non-hydrogen) atoms. The second-order valence-electron chi connectivity index (χ2n) is 2.95. The third-order valence-corrected chi connectivity index (χ3v) is 2.08. The van der Waals surface area contributed by atoms with Crippen molar-refractivity contribution in [1.29, 1.82) is 0 Å². The normalized spacial score (nSPS) is 14.8. The second kappa shape index (κ2) is 3.19. The maximum Gasteiger partial charge on any atom is 0.326 e. The molecule has 0 bridgehead atoms. The summed E-state index contributed by atoms with van der Waals surface area (Å²) < 4.78 is 5.43. The molecule has 1 aromatic carbocycles. The van der Waals surface area contributed by atoms with E-state index in [1.165, 1.54) is 5.56 Å². The zero-order valence-corrected chi connectivity index (χ0v) is 6.79. The van der Waals surface area contributed by atoms with E-state index in [2.05, 4.69) is 0 Å². The van der Waals surface area contributed by atoms with Crippen LogP contribution in [0.15, 0.2) is 18.2 Å². The van der Waals surface area contributed by atoms with E-state index in [0.29, 0.717) is 0 Å². The largest absolute Gasteiger partial charge is 0.493 e. The molecule has 1 N–H and O–H groups in total. The van der Waals surface area contributed by atoms with Gasteiger partial charge in [0.05, 0.1) is 6.61 Å². The number of hydrogen-bond acceptors (Lipinski definition) is 2. The van der Waals surface area contributed by atoms with Crippen LogP contribution in [-0.4, -0.2) is 19.1 Å². The molecule has 0 aromatic heterocycles. The van der Waals surface area contributed by atoms with Gasteiger partial charge in [-0.15, -0.1) is 0 Å². The fourth-order valence-corrected chi connectivity index (χ4v) is 1.46. The fourth-order valence-electron chi connectivity index (χ4n) is 1.46. The van der Waals surface area contributed by atoms with E-state index in [1.807, 2.05) is 18.2 Å². The quantitative estimate of drug-likeness (QED) is 0.598. The van der Waals surface area contributed by atoms with Gasteiger partial charge >= 0.3 is 7.48 Å². The lowest BCUT2D eigenvalue weighted by Gasteiger charge is -2.17. The van der Waals surface area contributed by atoms with Crippen LogP contribution in [0.1, 0.15) is 12.0 Å². The van der Waals surface area contributed by atoms with Crippen molar-refractivity contribution in [1.82, 2.24) is 0 Å². The van der Waals surface area contributed by atoms with Gasteiger partial charge in [0.2, 0.25) is 0 Å². The molecule has 1 heterocycles. The van der Waals surface area contributed by atoms with Gasteiger partial charge in [-0.25, -0.2) is 0 Å². The molecule has 0 saturated heterocycles. The highest BCUT2D eigenvalue weighted by Gasteiger charge is 2.09. The summed E-state index contributed by atoms with van der Waals surface area (Å²) in [4.78, 5) is 0. The molecule has 1 aromatic rings. The van der Waals surface area contributed by atoms with Gasteiger partial charge in [0, 0.05) is 0 Å². The number of ether oxygens (including phenoxy) is 1. The molecule has 2 nitrogen and oxygen atoms in total. The Balaban J connectivity index is 2.36. The van der Waals surface area contributed by atoms with Gasteiger partial charge in [0.1, 0.15) is 5.75 Å². The van der Waals surface area contributed by atoms with E-state index in [9.17, 15) is 0 Å². The third-order valence-electron chi connectivity index (χ3n) is 2.08. The van der Waals surface area contributed by atoms with Crippen molar-refractivity contribution in [2.24, 2.45) is 0 Å². The van der Waals surface area contributed by atoms with Gasteiger partial charge < -0.3 is 9.76 Å². The Bertz CT molecular complexity index is 286. The number of aryl methyl sites for hydroxylation is 1. The molecule has 0 saturated carbocycles. The Hall–Kier alpha value is -0.955. The molecule has 0 unspecified atom stereocenters. The summed E-state index contributed by atoms with van der Waals surface area (Å²) >= 11 is 0. The van der Waals surface area contributed by atoms with E-state index in [0.717, 1.165) is 38.1 Å². The highest BCUT2D eigenvalue weighted by molar-refractivity contribution is 6.45. The SMILES string of the molecule is O[B]c1ccc2c(c1)CCCO2. The second-order valence-corrected chi connectivity index (χ2v) is 2.95. The summed E-state index contributed by atoms with van der Waals surface area (Å²) in [5.41, 5.74) is 2.04. The molecule has 2 rings (SSSR count). The zero-order valence-electron chi connectivity index (χ0n) is 6.79. The molecule has 0 fully saturated rings. The first-order valence-electron chi connectivity index (χ1n) is 4.13. The highest BCUT2D eigenvalue weighted by Crippen LogP contribution is 2.22. The Labute approximate surface area is 72.5 Å². The summed E-state index contributed by atoms with van der Waals surface area (Å²) in [7, 11) is 1.12. The first-order valence-corrected chi connectivity index (χ1v) is 4.13. The van der Waals surface area contributed by atoms with Crippen molar-refractivity contribution >= 4 is 12.9 Å². The van der Waals surface area contributed by atoms with Gasteiger partial charge in [0.15, 0.2) is 0 Å². The van der Waals surface area contributed by atoms with Crippen LogP contribution in [0.2, 0.25) is 0 Å². The summed E-state index contributed by atoms with van der Waals surface area (Å²) in [6.45, 7) is 0.815. The van der Waals surface area contributed by atoms with Gasteiger partial charge in [-0.05, 0) is 24.5 Å². The molecule has 0 amide bonds. The summed E-state index contributed by atoms with van der Waals surface area (Å²) in [5, 5.41) is 8.77. The topological polar surface area (TPSA) is 29.5 Å². The number of rotatable bonds is 1. The minimum atomic E-state index is 0.815. The molecular weight excluding hydrogens is 151 g/mol. The number of hydrogen-bond donors (Lipinski definition) is 1. The maximum atomic E-state index is 8.77. The van der Waals surface area contributed by atoms with Crippen molar-refractivity contribution in [2.75, 3.05) is 6.61 Å². The molecule has 0 atom stereocenters. The van der Waals surface area contributed by atoms with Crippen LogP contribution in [-0.2, 0) is 6.42 Å². The first-order chi connectivity index (χ1) is 5.90. The van der Waals surface area contributed by atoms with E-state index in [-0.39, 0.29) is 0 Å². The first kappa shape index (κ1) is 7.68. The Morgan fingerprint density at radius 3 is 3.17 bits per heavy atom. The molecule has 1 aliphatic rings. The van der Waals surface area contributed by atoms with Gasteiger partial charge in [-0.1, -0.05) is 17.6 Å². The minimum Gasteiger partial charge on any atom is -0.493 e.